The lowest BCUT2D eigenvalue weighted by molar-refractivity contribution is -0.122. The van der Waals surface area contributed by atoms with Crippen molar-refractivity contribution in [3.05, 3.63) is 72.8 Å². The van der Waals surface area contributed by atoms with Gasteiger partial charge in [0.05, 0.1) is 0 Å². The molecule has 2 aromatic carbocycles. The number of anilines is 1. The van der Waals surface area contributed by atoms with E-state index in [1.165, 1.54) is 5.56 Å². The molecule has 0 saturated heterocycles. The smallest absolute Gasteiger partial charge is 0.265 e. The molecule has 3 nitrogen and oxygen atoms in total. The molecule has 2 rings (SSSR count). The number of allylic oxidation sites excluding steroid dienone is 1. The van der Waals surface area contributed by atoms with E-state index < -0.39 is 6.10 Å². The maximum atomic E-state index is 12.0. The molecule has 0 heterocycles. The number of ether oxygens (including phenoxy) is 1. The Labute approximate surface area is 125 Å². The van der Waals surface area contributed by atoms with Crippen LogP contribution in [0.4, 0.5) is 5.69 Å². The van der Waals surface area contributed by atoms with Crippen LogP contribution in [0.15, 0.2) is 67.3 Å². The Morgan fingerprint density at radius 1 is 1.19 bits per heavy atom. The summed E-state index contributed by atoms with van der Waals surface area (Å²) in [4.78, 5) is 12.0. The third-order valence-corrected chi connectivity index (χ3v) is 3.03. The van der Waals surface area contributed by atoms with Gasteiger partial charge < -0.3 is 10.1 Å². The molecule has 0 spiro atoms. The van der Waals surface area contributed by atoms with Gasteiger partial charge in [0.1, 0.15) is 5.75 Å². The van der Waals surface area contributed by atoms with Crippen LogP contribution >= 0.6 is 0 Å². The first-order valence-electron chi connectivity index (χ1n) is 6.91. The van der Waals surface area contributed by atoms with E-state index in [4.69, 9.17) is 4.74 Å². The normalized spacial score (nSPS) is 11.5. The highest BCUT2D eigenvalue weighted by molar-refractivity contribution is 5.94. The SMILES string of the molecule is C=CCc1ccc(OC(C)C(=O)Nc2ccccc2)cc1. The van der Waals surface area contributed by atoms with Crippen molar-refractivity contribution in [3.63, 3.8) is 0 Å². The number of carbonyl (C=O) groups excluding carboxylic acids is 1. The van der Waals surface area contributed by atoms with Crippen molar-refractivity contribution < 1.29 is 9.53 Å². The predicted molar refractivity (Wildman–Crippen MR) is 85.5 cm³/mol. The number of hydrogen-bond donors (Lipinski definition) is 1. The highest BCUT2D eigenvalue weighted by atomic mass is 16.5. The minimum atomic E-state index is -0.560. The summed E-state index contributed by atoms with van der Waals surface area (Å²) in [7, 11) is 0. The van der Waals surface area contributed by atoms with Crippen LogP contribution < -0.4 is 10.1 Å². The fraction of sp³-hybridized carbons (Fsp3) is 0.167. The summed E-state index contributed by atoms with van der Waals surface area (Å²) in [5, 5.41) is 2.82. The van der Waals surface area contributed by atoms with Crippen LogP contribution in [-0.4, -0.2) is 12.0 Å². The molecule has 0 aliphatic heterocycles. The fourth-order valence-electron chi connectivity index (χ4n) is 1.89. The molecule has 1 amide bonds. The van der Waals surface area contributed by atoms with Crippen LogP contribution in [0.3, 0.4) is 0 Å². The molecule has 0 aliphatic rings. The Kier molecular flexibility index (Phi) is 5.16. The van der Waals surface area contributed by atoms with Gasteiger partial charge in [0, 0.05) is 5.69 Å². The molecule has 0 aliphatic carbocycles. The molecule has 1 atom stereocenters. The number of carbonyl (C=O) groups is 1. The van der Waals surface area contributed by atoms with Crippen LogP contribution in [0.1, 0.15) is 12.5 Å². The average Bonchev–Trinajstić information content (AvgIpc) is 2.50. The number of amides is 1. The quantitative estimate of drug-likeness (QED) is 0.817. The van der Waals surface area contributed by atoms with E-state index in [0.29, 0.717) is 5.75 Å². The fourth-order valence-corrected chi connectivity index (χ4v) is 1.89. The predicted octanol–water partition coefficient (Wildman–Crippen LogP) is 3.82. The van der Waals surface area contributed by atoms with Gasteiger partial charge in [-0.15, -0.1) is 6.58 Å². The van der Waals surface area contributed by atoms with Gasteiger partial charge in [0.15, 0.2) is 6.10 Å². The molecule has 2 aromatic rings. The van der Waals surface area contributed by atoms with Crippen molar-refractivity contribution >= 4 is 11.6 Å². The van der Waals surface area contributed by atoms with Gasteiger partial charge in [-0.1, -0.05) is 36.4 Å². The molecule has 0 saturated carbocycles. The first kappa shape index (κ1) is 14.9. The molecular weight excluding hydrogens is 262 g/mol. The van der Waals surface area contributed by atoms with Crippen molar-refractivity contribution in [2.75, 3.05) is 5.32 Å². The Morgan fingerprint density at radius 2 is 1.86 bits per heavy atom. The minimum Gasteiger partial charge on any atom is -0.481 e. The molecule has 1 unspecified atom stereocenters. The molecule has 0 aromatic heterocycles. The van der Waals surface area contributed by atoms with Gasteiger partial charge in [-0.3, -0.25) is 4.79 Å². The highest BCUT2D eigenvalue weighted by Gasteiger charge is 2.14. The summed E-state index contributed by atoms with van der Waals surface area (Å²) < 4.78 is 5.64. The molecule has 3 heteroatoms. The lowest BCUT2D eigenvalue weighted by Crippen LogP contribution is -2.30. The second-order valence-corrected chi connectivity index (χ2v) is 4.75. The number of rotatable bonds is 6. The van der Waals surface area contributed by atoms with E-state index in [0.717, 1.165) is 12.1 Å². The summed E-state index contributed by atoms with van der Waals surface area (Å²) in [5.74, 6) is 0.509. The number of nitrogens with one attached hydrogen (secondary N) is 1. The largest absolute Gasteiger partial charge is 0.481 e. The van der Waals surface area contributed by atoms with E-state index in [1.807, 2.05) is 60.7 Å². The van der Waals surface area contributed by atoms with E-state index >= 15 is 0 Å². The van der Waals surface area contributed by atoms with Crippen molar-refractivity contribution in [2.45, 2.75) is 19.4 Å². The van der Waals surface area contributed by atoms with Crippen molar-refractivity contribution in [2.24, 2.45) is 0 Å². The van der Waals surface area contributed by atoms with Gasteiger partial charge in [-0.25, -0.2) is 0 Å². The van der Waals surface area contributed by atoms with Crippen molar-refractivity contribution in [1.82, 2.24) is 0 Å². The molecule has 0 bridgehead atoms. The standard InChI is InChI=1S/C18H19NO2/c1-3-7-15-10-12-17(13-11-15)21-14(2)18(20)19-16-8-5-4-6-9-16/h3-6,8-14H,1,7H2,2H3,(H,19,20). The zero-order chi connectivity index (χ0) is 15.1. The zero-order valence-electron chi connectivity index (χ0n) is 12.1. The topological polar surface area (TPSA) is 38.3 Å². The number of hydrogen-bond acceptors (Lipinski definition) is 2. The maximum absolute atomic E-state index is 12.0. The molecule has 0 fully saturated rings. The third kappa shape index (κ3) is 4.49. The first-order valence-corrected chi connectivity index (χ1v) is 6.91. The van der Waals surface area contributed by atoms with E-state index in [9.17, 15) is 4.79 Å². The number of benzene rings is 2. The summed E-state index contributed by atoms with van der Waals surface area (Å²) in [6.45, 7) is 5.44. The van der Waals surface area contributed by atoms with E-state index in [2.05, 4.69) is 11.9 Å². The second kappa shape index (κ2) is 7.29. The number of para-hydroxylation sites is 1. The maximum Gasteiger partial charge on any atom is 0.265 e. The van der Waals surface area contributed by atoms with Crippen molar-refractivity contribution in [1.29, 1.82) is 0 Å². The Hall–Kier alpha value is -2.55. The third-order valence-electron chi connectivity index (χ3n) is 3.03. The Bertz CT molecular complexity index is 590. The van der Waals surface area contributed by atoms with Crippen LogP contribution in [0.5, 0.6) is 5.75 Å². The van der Waals surface area contributed by atoms with Gasteiger partial charge in [0.2, 0.25) is 0 Å². The molecule has 0 radical (unpaired) electrons. The van der Waals surface area contributed by atoms with Crippen molar-refractivity contribution in [3.8, 4) is 5.75 Å². The summed E-state index contributed by atoms with van der Waals surface area (Å²) in [6, 6.07) is 17.0. The Balaban J connectivity index is 1.92. The van der Waals surface area contributed by atoms with E-state index in [-0.39, 0.29) is 5.91 Å². The Morgan fingerprint density at radius 3 is 2.48 bits per heavy atom. The molecule has 108 valence electrons. The zero-order valence-corrected chi connectivity index (χ0v) is 12.1. The van der Waals surface area contributed by atoms with Gasteiger partial charge in [-0.05, 0) is 43.2 Å². The summed E-state index contributed by atoms with van der Waals surface area (Å²) >= 11 is 0. The molecular formula is C18H19NO2. The van der Waals surface area contributed by atoms with Gasteiger partial charge in [-0.2, -0.15) is 0 Å². The van der Waals surface area contributed by atoms with Crippen LogP contribution in [-0.2, 0) is 11.2 Å². The van der Waals surface area contributed by atoms with E-state index in [1.54, 1.807) is 6.92 Å². The average molecular weight is 281 g/mol. The minimum absolute atomic E-state index is 0.170. The summed E-state index contributed by atoms with van der Waals surface area (Å²) in [6.07, 6.45) is 2.12. The second-order valence-electron chi connectivity index (χ2n) is 4.75. The van der Waals surface area contributed by atoms with Gasteiger partial charge in [0.25, 0.3) is 5.91 Å². The van der Waals surface area contributed by atoms with Gasteiger partial charge >= 0.3 is 0 Å². The molecule has 1 N–H and O–H groups in total. The van der Waals surface area contributed by atoms with Crippen LogP contribution in [0.25, 0.3) is 0 Å². The van der Waals surface area contributed by atoms with Crippen LogP contribution in [0, 0.1) is 0 Å². The first-order chi connectivity index (χ1) is 10.2. The summed E-state index contributed by atoms with van der Waals surface area (Å²) in [5.41, 5.74) is 1.93. The highest BCUT2D eigenvalue weighted by Crippen LogP contribution is 2.15. The monoisotopic (exact) mass is 281 g/mol. The van der Waals surface area contributed by atoms with Crippen LogP contribution in [0.2, 0.25) is 0 Å². The molecule has 21 heavy (non-hydrogen) atoms. The lowest BCUT2D eigenvalue weighted by Gasteiger charge is -2.15. The lowest BCUT2D eigenvalue weighted by atomic mass is 10.1.